The molecule has 1 aliphatic carbocycles. The number of halogens is 1. The fourth-order valence-electron chi connectivity index (χ4n) is 2.90. The van der Waals surface area contributed by atoms with E-state index >= 15 is 0 Å². The number of hydrogen-bond donors (Lipinski definition) is 3. The summed E-state index contributed by atoms with van der Waals surface area (Å²) in [7, 11) is 1.69. The van der Waals surface area contributed by atoms with Crippen molar-refractivity contribution in [1.82, 2.24) is 16.0 Å². The molecule has 0 bridgehead atoms. The van der Waals surface area contributed by atoms with Crippen LogP contribution in [0.1, 0.15) is 37.7 Å². The van der Waals surface area contributed by atoms with Gasteiger partial charge in [0.15, 0.2) is 5.96 Å². The zero-order valence-corrected chi connectivity index (χ0v) is 14.3. The van der Waals surface area contributed by atoms with E-state index in [0.29, 0.717) is 37.9 Å². The number of rotatable bonds is 7. The highest BCUT2D eigenvalue weighted by Gasteiger charge is 2.16. The Morgan fingerprint density at radius 2 is 2.00 bits per heavy atom. The number of nitrogens with one attached hydrogen (secondary N) is 3. The van der Waals surface area contributed by atoms with E-state index in [-0.39, 0.29) is 11.7 Å². The van der Waals surface area contributed by atoms with Crippen LogP contribution in [0.2, 0.25) is 0 Å². The van der Waals surface area contributed by atoms with Gasteiger partial charge in [0.25, 0.3) is 0 Å². The number of hydrogen-bond acceptors (Lipinski definition) is 2. The summed E-state index contributed by atoms with van der Waals surface area (Å²) in [6.45, 7) is 1.19. The van der Waals surface area contributed by atoms with Crippen LogP contribution in [0.15, 0.2) is 29.3 Å². The topological polar surface area (TPSA) is 65.5 Å². The lowest BCUT2D eigenvalue weighted by atomic mass is 10.1. The third-order valence-corrected chi connectivity index (χ3v) is 4.18. The van der Waals surface area contributed by atoms with Crippen LogP contribution in [0, 0.1) is 5.82 Å². The van der Waals surface area contributed by atoms with Crippen LogP contribution >= 0.6 is 0 Å². The lowest BCUT2D eigenvalue weighted by molar-refractivity contribution is -0.121. The molecule has 3 N–H and O–H groups in total. The van der Waals surface area contributed by atoms with Gasteiger partial charge in [-0.1, -0.05) is 25.0 Å². The molecule has 0 heterocycles. The molecule has 0 unspecified atom stereocenters. The SMILES string of the molecule is CN=C(NCCC(=O)NC1CCCC1)NCCc1cccc(F)c1. The van der Waals surface area contributed by atoms with Gasteiger partial charge in [0.2, 0.25) is 5.91 Å². The molecule has 1 amide bonds. The summed E-state index contributed by atoms with van der Waals surface area (Å²) < 4.78 is 13.1. The highest BCUT2D eigenvalue weighted by Crippen LogP contribution is 2.17. The maximum atomic E-state index is 13.1. The number of guanidine groups is 1. The Bertz CT molecular complexity index is 556. The largest absolute Gasteiger partial charge is 0.356 e. The third-order valence-electron chi connectivity index (χ3n) is 4.18. The fourth-order valence-corrected chi connectivity index (χ4v) is 2.90. The summed E-state index contributed by atoms with van der Waals surface area (Å²) in [6.07, 6.45) is 5.77. The second kappa shape index (κ2) is 9.90. The van der Waals surface area contributed by atoms with Crippen LogP contribution in [0.4, 0.5) is 4.39 Å². The molecular formula is C18H27FN4O. The lowest BCUT2D eigenvalue weighted by Gasteiger charge is -2.14. The molecule has 0 spiro atoms. The molecule has 2 rings (SSSR count). The van der Waals surface area contributed by atoms with E-state index in [4.69, 9.17) is 0 Å². The first kappa shape index (κ1) is 18.2. The minimum absolute atomic E-state index is 0.0876. The molecule has 24 heavy (non-hydrogen) atoms. The number of benzene rings is 1. The Kier molecular flexibility index (Phi) is 7.52. The van der Waals surface area contributed by atoms with E-state index in [1.165, 1.54) is 25.0 Å². The van der Waals surface area contributed by atoms with Crippen molar-refractivity contribution >= 4 is 11.9 Å². The summed E-state index contributed by atoms with van der Waals surface area (Å²) >= 11 is 0. The molecular weight excluding hydrogens is 307 g/mol. The minimum atomic E-state index is -0.219. The summed E-state index contributed by atoms with van der Waals surface area (Å²) in [6, 6.07) is 6.94. The average molecular weight is 334 g/mol. The van der Waals surface area contributed by atoms with Gasteiger partial charge in [-0.25, -0.2) is 4.39 Å². The quantitative estimate of drug-likeness (QED) is 0.528. The highest BCUT2D eigenvalue weighted by atomic mass is 19.1. The van der Waals surface area contributed by atoms with Gasteiger partial charge in [0.1, 0.15) is 5.82 Å². The Morgan fingerprint density at radius 1 is 1.25 bits per heavy atom. The van der Waals surface area contributed by atoms with Crippen LogP contribution in [-0.2, 0) is 11.2 Å². The number of nitrogens with zero attached hydrogens (tertiary/aromatic N) is 1. The third kappa shape index (κ3) is 6.56. The zero-order valence-electron chi connectivity index (χ0n) is 14.3. The lowest BCUT2D eigenvalue weighted by Crippen LogP contribution is -2.41. The van der Waals surface area contributed by atoms with Crippen molar-refractivity contribution in [3.05, 3.63) is 35.6 Å². The molecule has 0 aliphatic heterocycles. The Hall–Kier alpha value is -2.11. The van der Waals surface area contributed by atoms with Crippen molar-refractivity contribution in [1.29, 1.82) is 0 Å². The van der Waals surface area contributed by atoms with Gasteiger partial charge < -0.3 is 16.0 Å². The summed E-state index contributed by atoms with van der Waals surface area (Å²) in [4.78, 5) is 16.0. The predicted molar refractivity (Wildman–Crippen MR) is 94.5 cm³/mol. The molecule has 0 atom stereocenters. The molecule has 1 aromatic rings. The van der Waals surface area contributed by atoms with Gasteiger partial charge in [-0.05, 0) is 37.0 Å². The first-order valence-corrected chi connectivity index (χ1v) is 8.65. The van der Waals surface area contributed by atoms with Crippen LogP contribution in [0.5, 0.6) is 0 Å². The Balaban J connectivity index is 1.60. The van der Waals surface area contributed by atoms with Gasteiger partial charge in [0.05, 0.1) is 0 Å². The molecule has 0 radical (unpaired) electrons. The van der Waals surface area contributed by atoms with E-state index in [2.05, 4.69) is 20.9 Å². The Morgan fingerprint density at radius 3 is 2.71 bits per heavy atom. The van der Waals surface area contributed by atoms with Crippen molar-refractivity contribution in [2.45, 2.75) is 44.6 Å². The van der Waals surface area contributed by atoms with Gasteiger partial charge in [-0.3, -0.25) is 9.79 Å². The predicted octanol–water partition coefficient (Wildman–Crippen LogP) is 1.98. The molecule has 1 fully saturated rings. The van der Waals surface area contributed by atoms with E-state index in [0.717, 1.165) is 18.4 Å². The van der Waals surface area contributed by atoms with Crippen LogP contribution < -0.4 is 16.0 Å². The molecule has 5 nitrogen and oxygen atoms in total. The van der Waals surface area contributed by atoms with Crippen molar-refractivity contribution in [2.24, 2.45) is 4.99 Å². The van der Waals surface area contributed by atoms with Gasteiger partial charge in [0, 0.05) is 32.6 Å². The molecule has 132 valence electrons. The molecule has 1 saturated carbocycles. The van der Waals surface area contributed by atoms with Gasteiger partial charge in [-0.2, -0.15) is 0 Å². The van der Waals surface area contributed by atoms with Crippen LogP contribution in [-0.4, -0.2) is 38.0 Å². The first-order chi connectivity index (χ1) is 11.7. The fraction of sp³-hybridized carbons (Fsp3) is 0.556. The molecule has 6 heteroatoms. The zero-order chi connectivity index (χ0) is 17.2. The normalized spacial score (nSPS) is 15.3. The second-order valence-electron chi connectivity index (χ2n) is 6.10. The van der Waals surface area contributed by atoms with Gasteiger partial charge >= 0.3 is 0 Å². The van der Waals surface area contributed by atoms with Crippen molar-refractivity contribution in [2.75, 3.05) is 20.1 Å². The molecule has 0 saturated heterocycles. The van der Waals surface area contributed by atoms with E-state index in [9.17, 15) is 9.18 Å². The summed E-state index contributed by atoms with van der Waals surface area (Å²) in [5, 5.41) is 9.36. The van der Waals surface area contributed by atoms with Gasteiger partial charge in [-0.15, -0.1) is 0 Å². The van der Waals surface area contributed by atoms with E-state index in [1.807, 2.05) is 6.07 Å². The van der Waals surface area contributed by atoms with Crippen molar-refractivity contribution < 1.29 is 9.18 Å². The monoisotopic (exact) mass is 334 g/mol. The number of carbonyl (C=O) groups is 1. The Labute approximate surface area is 143 Å². The number of amides is 1. The average Bonchev–Trinajstić information content (AvgIpc) is 3.06. The molecule has 1 aromatic carbocycles. The second-order valence-corrected chi connectivity index (χ2v) is 6.10. The maximum absolute atomic E-state index is 13.1. The van der Waals surface area contributed by atoms with E-state index in [1.54, 1.807) is 13.1 Å². The van der Waals surface area contributed by atoms with Crippen molar-refractivity contribution in [3.63, 3.8) is 0 Å². The van der Waals surface area contributed by atoms with E-state index < -0.39 is 0 Å². The molecule has 1 aliphatic rings. The maximum Gasteiger partial charge on any atom is 0.221 e. The first-order valence-electron chi connectivity index (χ1n) is 8.65. The highest BCUT2D eigenvalue weighted by molar-refractivity contribution is 5.81. The molecule has 0 aromatic heterocycles. The summed E-state index contributed by atoms with van der Waals surface area (Å²) in [5.74, 6) is 0.521. The standard InChI is InChI=1S/C18H27FN4O/c1-20-18(21-11-9-14-5-4-6-15(19)13-14)22-12-10-17(24)23-16-7-2-3-8-16/h4-6,13,16H,2-3,7-12H2,1H3,(H,23,24)(H2,20,21,22). The summed E-state index contributed by atoms with van der Waals surface area (Å²) in [5.41, 5.74) is 0.939. The minimum Gasteiger partial charge on any atom is -0.356 e. The number of aliphatic imine (C=N–C) groups is 1. The smallest absolute Gasteiger partial charge is 0.221 e. The van der Waals surface area contributed by atoms with Crippen molar-refractivity contribution in [3.8, 4) is 0 Å². The van der Waals surface area contributed by atoms with Crippen LogP contribution in [0.3, 0.4) is 0 Å². The van der Waals surface area contributed by atoms with Crippen LogP contribution in [0.25, 0.3) is 0 Å². The number of carbonyl (C=O) groups excluding carboxylic acids is 1.